The quantitative estimate of drug-likeness (QED) is 0.537. The van der Waals surface area contributed by atoms with Crippen molar-refractivity contribution >= 4 is 21.6 Å². The van der Waals surface area contributed by atoms with E-state index in [2.05, 4.69) is 10.4 Å². The van der Waals surface area contributed by atoms with Crippen molar-refractivity contribution in [2.45, 2.75) is 51.0 Å². The zero-order valence-electron chi connectivity index (χ0n) is 20.2. The Morgan fingerprint density at radius 1 is 1.03 bits per heavy atom. The highest BCUT2D eigenvalue weighted by molar-refractivity contribution is 7.89. The Labute approximate surface area is 205 Å². The van der Waals surface area contributed by atoms with E-state index in [0.29, 0.717) is 42.0 Å². The summed E-state index contributed by atoms with van der Waals surface area (Å²) in [5, 5.41) is 7.33. The lowest BCUT2D eigenvalue weighted by Gasteiger charge is -2.19. The van der Waals surface area contributed by atoms with Crippen LogP contribution in [0.15, 0.2) is 64.3 Å². The van der Waals surface area contributed by atoms with Gasteiger partial charge in [0.25, 0.3) is 5.56 Å². The Morgan fingerprint density at radius 2 is 1.71 bits per heavy atom. The molecule has 0 bridgehead atoms. The van der Waals surface area contributed by atoms with Gasteiger partial charge in [0, 0.05) is 30.4 Å². The summed E-state index contributed by atoms with van der Waals surface area (Å²) in [4.78, 5) is 25.9. The highest BCUT2D eigenvalue weighted by Gasteiger charge is 2.29. The third-order valence-corrected chi connectivity index (χ3v) is 8.34. The number of nitrogens with zero attached hydrogens (tertiary/aromatic N) is 3. The molecule has 0 aliphatic carbocycles. The van der Waals surface area contributed by atoms with Crippen LogP contribution in [0.3, 0.4) is 0 Å². The summed E-state index contributed by atoms with van der Waals surface area (Å²) in [6, 6.07) is 14.6. The molecule has 2 aromatic carbocycles. The van der Waals surface area contributed by atoms with Crippen molar-refractivity contribution in [3.63, 3.8) is 0 Å². The van der Waals surface area contributed by atoms with Crippen molar-refractivity contribution < 1.29 is 13.2 Å². The van der Waals surface area contributed by atoms with Crippen LogP contribution in [0.2, 0.25) is 0 Å². The summed E-state index contributed by atoms with van der Waals surface area (Å²) in [5.74, 6) is -0.343. The third kappa shape index (κ3) is 5.21. The van der Waals surface area contributed by atoms with Crippen molar-refractivity contribution in [2.24, 2.45) is 0 Å². The van der Waals surface area contributed by atoms with Gasteiger partial charge >= 0.3 is 0 Å². The summed E-state index contributed by atoms with van der Waals surface area (Å²) < 4.78 is 29.1. The minimum absolute atomic E-state index is 0.237. The first-order valence-corrected chi connectivity index (χ1v) is 13.2. The maximum Gasteiger partial charge on any atom is 0.267 e. The number of rotatable bonds is 7. The van der Waals surface area contributed by atoms with Crippen LogP contribution >= 0.6 is 0 Å². The van der Waals surface area contributed by atoms with Crippen molar-refractivity contribution in [3.05, 3.63) is 76.1 Å². The first kappa shape index (κ1) is 24.8. The predicted octanol–water partition coefficient (Wildman–Crippen LogP) is 3.90. The molecule has 0 saturated carbocycles. The molecule has 184 valence electrons. The van der Waals surface area contributed by atoms with Gasteiger partial charge in [-0.3, -0.25) is 9.59 Å². The summed E-state index contributed by atoms with van der Waals surface area (Å²) in [6.07, 6.45) is 2.07. The Kier molecular flexibility index (Phi) is 7.18. The largest absolute Gasteiger partial charge is 0.324 e. The van der Waals surface area contributed by atoms with E-state index in [1.165, 1.54) is 15.1 Å². The van der Waals surface area contributed by atoms with Gasteiger partial charge in [-0.15, -0.1) is 0 Å². The number of amides is 1. The average molecular weight is 495 g/mol. The number of benzene rings is 2. The Balaban J connectivity index is 1.68. The monoisotopic (exact) mass is 494 g/mol. The zero-order chi connectivity index (χ0) is 25.2. The number of hydrogen-bond acceptors (Lipinski definition) is 5. The highest BCUT2D eigenvalue weighted by Crippen LogP contribution is 2.28. The van der Waals surface area contributed by atoms with Gasteiger partial charge in [-0.1, -0.05) is 36.8 Å². The lowest BCUT2D eigenvalue weighted by Crippen LogP contribution is -2.34. The Hall–Kier alpha value is -3.30. The lowest BCUT2D eigenvalue weighted by molar-refractivity contribution is -0.119. The van der Waals surface area contributed by atoms with Crippen LogP contribution in [-0.4, -0.2) is 41.5 Å². The van der Waals surface area contributed by atoms with Gasteiger partial charge in [0.05, 0.1) is 10.6 Å². The fourth-order valence-electron chi connectivity index (χ4n) is 4.24. The van der Waals surface area contributed by atoms with E-state index >= 15 is 0 Å². The fourth-order valence-corrected chi connectivity index (χ4v) is 6.01. The molecule has 3 aromatic rings. The maximum absolute atomic E-state index is 13.2. The normalized spacial score (nSPS) is 15.2. The molecular weight excluding hydrogens is 464 g/mol. The van der Waals surface area contributed by atoms with Crippen LogP contribution in [0.4, 0.5) is 5.69 Å². The number of carbonyl (C=O) groups is 1. The molecule has 8 nitrogen and oxygen atoms in total. The lowest BCUT2D eigenvalue weighted by atomic mass is 10.1. The SMILES string of the molecule is CC[C@@H](C(=O)Nc1ccc(C)cc1)n1nc(-c2ccc(C)c(S(=O)(=O)N3CCCC3)c2)ccc1=O. The van der Waals surface area contributed by atoms with Crippen molar-refractivity contribution in [1.82, 2.24) is 14.1 Å². The number of sulfonamides is 1. The maximum atomic E-state index is 13.2. The second kappa shape index (κ2) is 10.1. The summed E-state index contributed by atoms with van der Waals surface area (Å²) >= 11 is 0. The summed E-state index contributed by atoms with van der Waals surface area (Å²) in [6.45, 7) is 6.57. The number of aryl methyl sites for hydroxylation is 2. The van der Waals surface area contributed by atoms with Crippen molar-refractivity contribution in [2.75, 3.05) is 18.4 Å². The summed E-state index contributed by atoms with van der Waals surface area (Å²) in [7, 11) is -3.62. The van der Waals surface area contributed by atoms with Crippen LogP contribution in [0.25, 0.3) is 11.3 Å². The minimum atomic E-state index is -3.62. The Morgan fingerprint density at radius 3 is 2.37 bits per heavy atom. The molecule has 2 heterocycles. The average Bonchev–Trinajstić information content (AvgIpc) is 3.39. The van der Waals surface area contributed by atoms with E-state index in [1.54, 1.807) is 43.3 Å². The molecule has 1 aliphatic heterocycles. The molecule has 1 fully saturated rings. The fraction of sp³-hybridized carbons (Fsp3) is 0.346. The van der Waals surface area contributed by atoms with Crippen LogP contribution in [0, 0.1) is 13.8 Å². The molecule has 1 aromatic heterocycles. The zero-order valence-corrected chi connectivity index (χ0v) is 21.0. The topological polar surface area (TPSA) is 101 Å². The van der Waals surface area contributed by atoms with E-state index in [9.17, 15) is 18.0 Å². The second-order valence-corrected chi connectivity index (χ2v) is 10.8. The van der Waals surface area contributed by atoms with Gasteiger partial charge in [-0.25, -0.2) is 13.1 Å². The van der Waals surface area contributed by atoms with E-state index in [1.807, 2.05) is 26.0 Å². The molecule has 1 amide bonds. The standard InChI is InChI=1S/C26H30N4O4S/c1-4-23(26(32)27-21-11-7-18(2)8-12-21)30-25(31)14-13-22(28-30)20-10-9-19(3)24(17-20)35(33,34)29-15-5-6-16-29/h7-14,17,23H,4-6,15-16H2,1-3H3,(H,27,32)/t23-/m0/s1. The van der Waals surface area contributed by atoms with Gasteiger partial charge in [-0.2, -0.15) is 9.40 Å². The number of anilines is 1. The molecular formula is C26H30N4O4S. The predicted molar refractivity (Wildman–Crippen MR) is 136 cm³/mol. The van der Waals surface area contributed by atoms with E-state index in [4.69, 9.17) is 0 Å². The van der Waals surface area contributed by atoms with Gasteiger partial charge in [0.1, 0.15) is 6.04 Å². The third-order valence-electron chi connectivity index (χ3n) is 6.30. The number of carbonyl (C=O) groups excluding carboxylic acids is 1. The van der Waals surface area contributed by atoms with Crippen molar-refractivity contribution in [1.29, 1.82) is 0 Å². The smallest absolute Gasteiger partial charge is 0.267 e. The summed E-state index contributed by atoms with van der Waals surface area (Å²) in [5.41, 5.74) is 2.94. The molecule has 1 atom stereocenters. The molecule has 0 spiro atoms. The second-order valence-electron chi connectivity index (χ2n) is 8.87. The van der Waals surface area contributed by atoms with Gasteiger partial charge in [-0.05, 0) is 62.9 Å². The van der Waals surface area contributed by atoms with Crippen LogP contribution < -0.4 is 10.9 Å². The number of hydrogen-bond donors (Lipinski definition) is 1. The number of nitrogens with one attached hydrogen (secondary N) is 1. The van der Waals surface area contributed by atoms with Gasteiger partial charge in [0.2, 0.25) is 15.9 Å². The van der Waals surface area contributed by atoms with Crippen LogP contribution in [0.1, 0.15) is 43.4 Å². The van der Waals surface area contributed by atoms with Crippen LogP contribution in [-0.2, 0) is 14.8 Å². The van der Waals surface area contributed by atoms with Gasteiger partial charge in [0.15, 0.2) is 0 Å². The molecule has 35 heavy (non-hydrogen) atoms. The Bertz CT molecular complexity index is 1390. The molecule has 1 N–H and O–H groups in total. The van der Waals surface area contributed by atoms with Crippen LogP contribution in [0.5, 0.6) is 0 Å². The first-order chi connectivity index (χ1) is 16.7. The first-order valence-electron chi connectivity index (χ1n) is 11.8. The van der Waals surface area contributed by atoms with Crippen molar-refractivity contribution in [3.8, 4) is 11.3 Å². The highest BCUT2D eigenvalue weighted by atomic mass is 32.2. The van der Waals surface area contributed by atoms with E-state index in [0.717, 1.165) is 18.4 Å². The molecule has 1 saturated heterocycles. The minimum Gasteiger partial charge on any atom is -0.324 e. The van der Waals surface area contributed by atoms with E-state index in [-0.39, 0.29) is 10.8 Å². The van der Waals surface area contributed by atoms with Gasteiger partial charge < -0.3 is 5.32 Å². The van der Waals surface area contributed by atoms with E-state index < -0.39 is 21.6 Å². The molecule has 9 heteroatoms. The molecule has 0 radical (unpaired) electrons. The number of aromatic nitrogens is 2. The molecule has 4 rings (SSSR count). The molecule has 0 unspecified atom stereocenters. The molecule has 1 aliphatic rings.